The predicted octanol–water partition coefficient (Wildman–Crippen LogP) is 1.25. The molecular weight excluding hydrogens is 238 g/mol. The minimum atomic E-state index is -3.46. The molecule has 0 amide bonds. The van der Waals surface area contributed by atoms with Gasteiger partial charge in [-0.1, -0.05) is 26.0 Å². The topological polar surface area (TPSA) is 57.6 Å². The van der Waals surface area contributed by atoms with Gasteiger partial charge in [0, 0.05) is 13.1 Å². The summed E-state index contributed by atoms with van der Waals surface area (Å²) in [7, 11) is -3.46. The number of aliphatic hydroxyl groups excluding tert-OH is 1. The van der Waals surface area contributed by atoms with Crippen LogP contribution in [0.2, 0.25) is 0 Å². The van der Waals surface area contributed by atoms with Crippen molar-refractivity contribution in [1.29, 1.82) is 0 Å². The summed E-state index contributed by atoms with van der Waals surface area (Å²) in [6, 6.07) is 6.88. The second-order valence-electron chi connectivity index (χ2n) is 3.72. The van der Waals surface area contributed by atoms with Gasteiger partial charge in [0.15, 0.2) is 0 Å². The first kappa shape index (κ1) is 14.2. The molecule has 96 valence electrons. The predicted molar refractivity (Wildman–Crippen MR) is 67.3 cm³/mol. The molecule has 0 aliphatic carbocycles. The van der Waals surface area contributed by atoms with Crippen molar-refractivity contribution in [2.24, 2.45) is 0 Å². The van der Waals surface area contributed by atoms with Gasteiger partial charge < -0.3 is 5.11 Å². The third-order valence-electron chi connectivity index (χ3n) is 2.67. The van der Waals surface area contributed by atoms with E-state index in [4.69, 9.17) is 5.11 Å². The van der Waals surface area contributed by atoms with E-state index in [1.54, 1.807) is 19.1 Å². The first-order valence-corrected chi connectivity index (χ1v) is 7.20. The Morgan fingerprint density at radius 1 is 1.18 bits per heavy atom. The maximum Gasteiger partial charge on any atom is 0.243 e. The molecular formula is C12H19NO3S. The van der Waals surface area contributed by atoms with Gasteiger partial charge in [-0.2, -0.15) is 4.31 Å². The molecule has 4 nitrogen and oxygen atoms in total. The number of aryl methyl sites for hydroxylation is 1. The number of hydrogen-bond acceptors (Lipinski definition) is 3. The fourth-order valence-corrected chi connectivity index (χ4v) is 3.05. The van der Waals surface area contributed by atoms with Gasteiger partial charge in [0.05, 0.1) is 11.5 Å². The van der Waals surface area contributed by atoms with E-state index in [0.717, 1.165) is 12.0 Å². The molecule has 1 rings (SSSR count). The number of likely N-dealkylation sites (N-methyl/N-ethyl adjacent to an activating group) is 1. The Balaban J connectivity index is 3.02. The molecule has 0 unspecified atom stereocenters. The van der Waals surface area contributed by atoms with E-state index >= 15 is 0 Å². The summed E-state index contributed by atoms with van der Waals surface area (Å²) >= 11 is 0. The number of hydrogen-bond donors (Lipinski definition) is 1. The Morgan fingerprint density at radius 2 is 1.76 bits per heavy atom. The summed E-state index contributed by atoms with van der Waals surface area (Å²) < 4.78 is 25.6. The Hall–Kier alpha value is -0.910. The lowest BCUT2D eigenvalue weighted by Crippen LogP contribution is -2.33. The van der Waals surface area contributed by atoms with Gasteiger partial charge in [-0.3, -0.25) is 0 Å². The summed E-state index contributed by atoms with van der Waals surface area (Å²) in [6.45, 7) is 4.11. The van der Waals surface area contributed by atoms with Gasteiger partial charge in [-0.25, -0.2) is 8.42 Å². The fraction of sp³-hybridized carbons (Fsp3) is 0.500. The summed E-state index contributed by atoms with van der Waals surface area (Å²) in [5, 5.41) is 8.85. The van der Waals surface area contributed by atoms with E-state index in [-0.39, 0.29) is 18.0 Å². The van der Waals surface area contributed by atoms with Crippen molar-refractivity contribution in [2.45, 2.75) is 25.2 Å². The van der Waals surface area contributed by atoms with Gasteiger partial charge in [0.25, 0.3) is 0 Å². The second-order valence-corrected chi connectivity index (χ2v) is 5.66. The maximum atomic E-state index is 12.2. The van der Waals surface area contributed by atoms with Crippen LogP contribution in [-0.2, 0) is 16.4 Å². The van der Waals surface area contributed by atoms with Crippen LogP contribution in [-0.4, -0.2) is 37.5 Å². The normalized spacial score (nSPS) is 12.0. The van der Waals surface area contributed by atoms with Crippen LogP contribution in [0.15, 0.2) is 29.2 Å². The molecule has 0 radical (unpaired) electrons. The Labute approximate surface area is 103 Å². The number of sulfonamides is 1. The molecule has 17 heavy (non-hydrogen) atoms. The molecule has 0 spiro atoms. The van der Waals surface area contributed by atoms with Crippen LogP contribution < -0.4 is 0 Å². The highest BCUT2D eigenvalue weighted by atomic mass is 32.2. The molecule has 0 bridgehead atoms. The van der Waals surface area contributed by atoms with E-state index in [2.05, 4.69) is 0 Å². The van der Waals surface area contributed by atoms with Crippen molar-refractivity contribution in [3.63, 3.8) is 0 Å². The molecule has 5 heteroatoms. The van der Waals surface area contributed by atoms with Crippen LogP contribution in [0, 0.1) is 0 Å². The molecule has 0 saturated carbocycles. The fourth-order valence-electron chi connectivity index (χ4n) is 1.61. The summed E-state index contributed by atoms with van der Waals surface area (Å²) in [5.41, 5.74) is 1.11. The smallest absolute Gasteiger partial charge is 0.243 e. The van der Waals surface area contributed by atoms with Crippen LogP contribution in [0.3, 0.4) is 0 Å². The molecule has 1 N–H and O–H groups in total. The lowest BCUT2D eigenvalue weighted by atomic mass is 10.2. The zero-order valence-electron chi connectivity index (χ0n) is 10.3. The van der Waals surface area contributed by atoms with Crippen LogP contribution in [0.1, 0.15) is 19.4 Å². The van der Waals surface area contributed by atoms with E-state index in [0.29, 0.717) is 6.54 Å². The van der Waals surface area contributed by atoms with Crippen molar-refractivity contribution < 1.29 is 13.5 Å². The van der Waals surface area contributed by atoms with Crippen LogP contribution in [0.4, 0.5) is 0 Å². The molecule has 0 atom stereocenters. The quantitative estimate of drug-likeness (QED) is 0.834. The van der Waals surface area contributed by atoms with E-state index in [1.165, 1.54) is 4.31 Å². The summed E-state index contributed by atoms with van der Waals surface area (Å²) in [5.74, 6) is 0. The lowest BCUT2D eigenvalue weighted by molar-refractivity contribution is 0.257. The van der Waals surface area contributed by atoms with Gasteiger partial charge >= 0.3 is 0 Å². The summed E-state index contributed by atoms with van der Waals surface area (Å²) in [4.78, 5) is 0.282. The molecule has 0 fully saturated rings. The van der Waals surface area contributed by atoms with E-state index in [9.17, 15) is 8.42 Å². The average Bonchev–Trinajstić information content (AvgIpc) is 2.35. The first-order valence-electron chi connectivity index (χ1n) is 5.76. The lowest BCUT2D eigenvalue weighted by Gasteiger charge is -2.19. The Morgan fingerprint density at radius 3 is 2.18 bits per heavy atom. The largest absolute Gasteiger partial charge is 0.395 e. The highest BCUT2D eigenvalue weighted by molar-refractivity contribution is 7.89. The zero-order valence-corrected chi connectivity index (χ0v) is 11.1. The molecule has 1 aromatic carbocycles. The van der Waals surface area contributed by atoms with E-state index < -0.39 is 10.0 Å². The molecule has 0 saturated heterocycles. The Kier molecular flexibility index (Phi) is 5.11. The third kappa shape index (κ3) is 3.28. The molecule has 0 heterocycles. The third-order valence-corrected chi connectivity index (χ3v) is 4.66. The number of benzene rings is 1. The SMILES string of the molecule is CCc1ccc(S(=O)(=O)N(CC)CCO)cc1. The highest BCUT2D eigenvalue weighted by Crippen LogP contribution is 2.16. The van der Waals surface area contributed by atoms with E-state index in [1.807, 2.05) is 19.1 Å². The van der Waals surface area contributed by atoms with Crippen molar-refractivity contribution in [1.82, 2.24) is 4.31 Å². The first-order chi connectivity index (χ1) is 8.06. The average molecular weight is 257 g/mol. The maximum absolute atomic E-state index is 12.2. The number of rotatable bonds is 6. The zero-order chi connectivity index (χ0) is 12.9. The van der Waals surface area contributed by atoms with Crippen LogP contribution in [0.25, 0.3) is 0 Å². The van der Waals surface area contributed by atoms with Gasteiger partial charge in [-0.05, 0) is 24.1 Å². The second kappa shape index (κ2) is 6.14. The summed E-state index contributed by atoms with van der Waals surface area (Å²) in [6.07, 6.45) is 0.883. The monoisotopic (exact) mass is 257 g/mol. The number of aliphatic hydroxyl groups is 1. The standard InChI is InChI=1S/C12H19NO3S/c1-3-11-5-7-12(8-6-11)17(15,16)13(4-2)9-10-14/h5-8,14H,3-4,9-10H2,1-2H3. The van der Waals surface area contributed by atoms with Gasteiger partial charge in [0.2, 0.25) is 10.0 Å². The van der Waals surface area contributed by atoms with Crippen molar-refractivity contribution in [2.75, 3.05) is 19.7 Å². The van der Waals surface area contributed by atoms with Crippen LogP contribution in [0.5, 0.6) is 0 Å². The van der Waals surface area contributed by atoms with Gasteiger partial charge in [0.1, 0.15) is 0 Å². The molecule has 0 aliphatic heterocycles. The minimum Gasteiger partial charge on any atom is -0.395 e. The van der Waals surface area contributed by atoms with Crippen LogP contribution >= 0.6 is 0 Å². The minimum absolute atomic E-state index is 0.133. The number of nitrogens with zero attached hydrogens (tertiary/aromatic N) is 1. The highest BCUT2D eigenvalue weighted by Gasteiger charge is 2.21. The Bertz CT molecular complexity index is 439. The molecule has 0 aromatic heterocycles. The van der Waals surface area contributed by atoms with Crippen molar-refractivity contribution in [3.05, 3.63) is 29.8 Å². The van der Waals surface area contributed by atoms with Crippen molar-refractivity contribution in [3.8, 4) is 0 Å². The molecule has 0 aliphatic rings. The van der Waals surface area contributed by atoms with Crippen molar-refractivity contribution >= 4 is 10.0 Å². The van der Waals surface area contributed by atoms with Gasteiger partial charge in [-0.15, -0.1) is 0 Å². The molecule has 1 aromatic rings.